The van der Waals surface area contributed by atoms with Crippen molar-refractivity contribution < 1.29 is 19.4 Å². The van der Waals surface area contributed by atoms with E-state index in [-0.39, 0.29) is 12.3 Å². The van der Waals surface area contributed by atoms with E-state index in [4.69, 9.17) is 9.84 Å². The molecule has 0 aliphatic carbocycles. The highest BCUT2D eigenvalue weighted by molar-refractivity contribution is 5.75. The van der Waals surface area contributed by atoms with E-state index in [0.717, 1.165) is 13.0 Å². The molecular weight excluding hydrogens is 234 g/mol. The average Bonchev–Trinajstić information content (AvgIpc) is 2.28. The Bertz CT molecular complexity index is 241. The molecule has 18 heavy (non-hydrogen) atoms. The Morgan fingerprint density at radius 2 is 1.83 bits per heavy atom. The van der Waals surface area contributed by atoms with Gasteiger partial charge in [0.2, 0.25) is 5.91 Å². The first-order valence-electron chi connectivity index (χ1n) is 6.58. The Labute approximate surface area is 109 Å². The van der Waals surface area contributed by atoms with Crippen molar-refractivity contribution >= 4 is 11.9 Å². The van der Waals surface area contributed by atoms with Crippen LogP contribution in [0.25, 0.3) is 0 Å². The molecule has 0 saturated carbocycles. The Morgan fingerprint density at radius 1 is 1.17 bits per heavy atom. The topological polar surface area (TPSA) is 75.6 Å². The van der Waals surface area contributed by atoms with E-state index in [2.05, 4.69) is 19.2 Å². The molecular formula is C13H25NO4. The van der Waals surface area contributed by atoms with Gasteiger partial charge in [-0.3, -0.25) is 9.59 Å². The van der Waals surface area contributed by atoms with Crippen molar-refractivity contribution in [2.45, 2.75) is 46.0 Å². The number of hydrogen-bond acceptors (Lipinski definition) is 3. The SMILES string of the molecule is CC(C)COCCCNC(=O)CCCCC(=O)O. The van der Waals surface area contributed by atoms with Crippen LogP contribution >= 0.6 is 0 Å². The van der Waals surface area contributed by atoms with E-state index in [1.54, 1.807) is 0 Å². The van der Waals surface area contributed by atoms with Crippen LogP contribution in [0.3, 0.4) is 0 Å². The normalized spacial score (nSPS) is 10.6. The monoisotopic (exact) mass is 259 g/mol. The molecule has 1 amide bonds. The van der Waals surface area contributed by atoms with Gasteiger partial charge in [0.15, 0.2) is 0 Å². The second-order valence-electron chi connectivity index (χ2n) is 4.77. The number of amides is 1. The lowest BCUT2D eigenvalue weighted by molar-refractivity contribution is -0.137. The number of carbonyl (C=O) groups excluding carboxylic acids is 1. The van der Waals surface area contributed by atoms with E-state index >= 15 is 0 Å². The lowest BCUT2D eigenvalue weighted by Crippen LogP contribution is -2.25. The van der Waals surface area contributed by atoms with Crippen LogP contribution < -0.4 is 5.32 Å². The molecule has 0 aromatic carbocycles. The van der Waals surface area contributed by atoms with E-state index in [1.807, 2.05) is 0 Å². The summed E-state index contributed by atoms with van der Waals surface area (Å²) in [6.45, 7) is 6.23. The minimum atomic E-state index is -0.808. The summed E-state index contributed by atoms with van der Waals surface area (Å²) in [5.41, 5.74) is 0. The smallest absolute Gasteiger partial charge is 0.303 e. The van der Waals surface area contributed by atoms with E-state index in [0.29, 0.717) is 38.3 Å². The fraction of sp³-hybridized carbons (Fsp3) is 0.846. The average molecular weight is 259 g/mol. The fourth-order valence-electron chi connectivity index (χ4n) is 1.37. The Morgan fingerprint density at radius 3 is 2.44 bits per heavy atom. The number of hydrogen-bond donors (Lipinski definition) is 2. The van der Waals surface area contributed by atoms with Crippen LogP contribution in [0.1, 0.15) is 46.0 Å². The first-order chi connectivity index (χ1) is 8.52. The van der Waals surface area contributed by atoms with E-state index in [1.165, 1.54) is 0 Å². The molecule has 0 bridgehead atoms. The van der Waals surface area contributed by atoms with Crippen LogP contribution in [-0.4, -0.2) is 36.7 Å². The van der Waals surface area contributed by atoms with Gasteiger partial charge in [-0.15, -0.1) is 0 Å². The molecule has 0 fully saturated rings. The van der Waals surface area contributed by atoms with Gasteiger partial charge in [-0.25, -0.2) is 0 Å². The quantitative estimate of drug-likeness (QED) is 0.555. The molecule has 5 heteroatoms. The fourth-order valence-corrected chi connectivity index (χ4v) is 1.37. The third-order valence-corrected chi connectivity index (χ3v) is 2.28. The molecule has 0 aromatic rings. The molecule has 0 saturated heterocycles. The Hall–Kier alpha value is -1.10. The summed E-state index contributed by atoms with van der Waals surface area (Å²) in [5, 5.41) is 11.2. The van der Waals surface area contributed by atoms with Crippen molar-refractivity contribution in [3.63, 3.8) is 0 Å². The largest absolute Gasteiger partial charge is 0.481 e. The number of ether oxygens (including phenoxy) is 1. The van der Waals surface area contributed by atoms with Gasteiger partial charge in [0.25, 0.3) is 0 Å². The minimum absolute atomic E-state index is 0.00996. The van der Waals surface area contributed by atoms with E-state index < -0.39 is 5.97 Å². The number of nitrogens with one attached hydrogen (secondary N) is 1. The van der Waals surface area contributed by atoms with Crippen LogP contribution in [0.5, 0.6) is 0 Å². The zero-order valence-corrected chi connectivity index (χ0v) is 11.4. The van der Waals surface area contributed by atoms with E-state index in [9.17, 15) is 9.59 Å². The van der Waals surface area contributed by atoms with Crippen LogP contribution in [-0.2, 0) is 14.3 Å². The van der Waals surface area contributed by atoms with Gasteiger partial charge in [-0.1, -0.05) is 13.8 Å². The summed E-state index contributed by atoms with van der Waals surface area (Å²) in [5.74, 6) is -0.282. The van der Waals surface area contributed by atoms with Crippen molar-refractivity contribution in [2.24, 2.45) is 5.92 Å². The Balaban J connectivity index is 3.24. The van der Waals surface area contributed by atoms with Crippen LogP contribution in [0.2, 0.25) is 0 Å². The van der Waals surface area contributed by atoms with Gasteiger partial charge in [-0.05, 0) is 25.2 Å². The van der Waals surface area contributed by atoms with Gasteiger partial charge in [-0.2, -0.15) is 0 Å². The predicted octanol–water partition coefficient (Wildman–Crippen LogP) is 1.81. The molecule has 106 valence electrons. The van der Waals surface area contributed by atoms with Gasteiger partial charge < -0.3 is 15.2 Å². The number of rotatable bonds is 11. The van der Waals surface area contributed by atoms with Gasteiger partial charge >= 0.3 is 5.97 Å². The second-order valence-corrected chi connectivity index (χ2v) is 4.77. The molecule has 0 spiro atoms. The highest BCUT2D eigenvalue weighted by atomic mass is 16.5. The summed E-state index contributed by atoms with van der Waals surface area (Å²) in [6.07, 6.45) is 2.53. The predicted molar refractivity (Wildman–Crippen MR) is 69.4 cm³/mol. The van der Waals surface area contributed by atoms with Gasteiger partial charge in [0.05, 0.1) is 0 Å². The van der Waals surface area contributed by atoms with Gasteiger partial charge in [0, 0.05) is 32.6 Å². The summed E-state index contributed by atoms with van der Waals surface area (Å²) < 4.78 is 5.39. The summed E-state index contributed by atoms with van der Waals surface area (Å²) in [6, 6.07) is 0. The third-order valence-electron chi connectivity index (χ3n) is 2.28. The molecule has 0 aromatic heterocycles. The molecule has 0 unspecified atom stereocenters. The first-order valence-corrected chi connectivity index (χ1v) is 6.58. The lowest BCUT2D eigenvalue weighted by atomic mass is 10.2. The molecule has 0 aliphatic heterocycles. The molecule has 0 rings (SSSR count). The lowest BCUT2D eigenvalue weighted by Gasteiger charge is -2.07. The highest BCUT2D eigenvalue weighted by Crippen LogP contribution is 1.99. The number of unbranched alkanes of at least 4 members (excludes halogenated alkanes) is 1. The van der Waals surface area contributed by atoms with Crippen molar-refractivity contribution in [1.82, 2.24) is 5.32 Å². The molecule has 0 radical (unpaired) electrons. The number of carbonyl (C=O) groups is 2. The Kier molecular flexibility index (Phi) is 10.3. The molecule has 2 N–H and O–H groups in total. The molecule has 0 atom stereocenters. The second kappa shape index (κ2) is 11.0. The zero-order valence-electron chi connectivity index (χ0n) is 11.4. The molecule has 0 heterocycles. The third kappa shape index (κ3) is 13.0. The van der Waals surface area contributed by atoms with Crippen molar-refractivity contribution in [1.29, 1.82) is 0 Å². The van der Waals surface area contributed by atoms with Crippen molar-refractivity contribution in [3.8, 4) is 0 Å². The number of aliphatic carboxylic acids is 1. The van der Waals surface area contributed by atoms with Gasteiger partial charge in [0.1, 0.15) is 0 Å². The van der Waals surface area contributed by atoms with Crippen LogP contribution in [0, 0.1) is 5.92 Å². The highest BCUT2D eigenvalue weighted by Gasteiger charge is 2.02. The minimum Gasteiger partial charge on any atom is -0.481 e. The molecule has 5 nitrogen and oxygen atoms in total. The summed E-state index contributed by atoms with van der Waals surface area (Å²) >= 11 is 0. The summed E-state index contributed by atoms with van der Waals surface area (Å²) in [7, 11) is 0. The number of carboxylic acids is 1. The van der Waals surface area contributed by atoms with Crippen LogP contribution in [0.15, 0.2) is 0 Å². The maximum Gasteiger partial charge on any atom is 0.303 e. The number of carboxylic acid groups (broad SMARTS) is 1. The standard InChI is InChI=1S/C13H25NO4/c1-11(2)10-18-9-5-8-14-12(15)6-3-4-7-13(16)17/h11H,3-10H2,1-2H3,(H,14,15)(H,16,17). The maximum atomic E-state index is 11.3. The zero-order chi connectivity index (χ0) is 13.8. The maximum absolute atomic E-state index is 11.3. The first kappa shape index (κ1) is 16.9. The summed E-state index contributed by atoms with van der Waals surface area (Å²) in [4.78, 5) is 21.6. The van der Waals surface area contributed by atoms with Crippen molar-refractivity contribution in [3.05, 3.63) is 0 Å². The van der Waals surface area contributed by atoms with Crippen molar-refractivity contribution in [2.75, 3.05) is 19.8 Å². The molecule has 0 aliphatic rings. The van der Waals surface area contributed by atoms with Crippen LogP contribution in [0.4, 0.5) is 0 Å².